The topological polar surface area (TPSA) is 123 Å². The third kappa shape index (κ3) is 3.92. The molecule has 0 fully saturated rings. The first-order valence-electron chi connectivity index (χ1n) is 9.78. The van der Waals surface area contributed by atoms with Gasteiger partial charge in [0.2, 0.25) is 0 Å². The molecule has 0 bridgehead atoms. The van der Waals surface area contributed by atoms with E-state index in [0.717, 1.165) is 10.9 Å². The second-order valence-electron chi connectivity index (χ2n) is 7.20. The van der Waals surface area contributed by atoms with Crippen molar-refractivity contribution in [3.63, 3.8) is 0 Å². The first-order chi connectivity index (χ1) is 16.4. The minimum atomic E-state index is -0.637. The fraction of sp³-hybridized carbons (Fsp3) is 0. The number of aromatic nitrogens is 2. The number of rotatable bonds is 4. The number of nitro benzene ring substituents is 1. The molecule has 0 saturated carbocycles. The largest absolute Gasteiger partial charge is 0.422 e. The minimum absolute atomic E-state index is 0.123. The number of benzene rings is 2. The van der Waals surface area contributed by atoms with Crippen LogP contribution in [0.2, 0.25) is 5.15 Å². The van der Waals surface area contributed by atoms with Gasteiger partial charge >= 0.3 is 5.63 Å². The van der Waals surface area contributed by atoms with E-state index < -0.39 is 10.5 Å². The number of non-ortho nitro benzene ring substituents is 1. The zero-order valence-electron chi connectivity index (χ0n) is 17.1. The van der Waals surface area contributed by atoms with E-state index in [-0.39, 0.29) is 27.6 Å². The molecule has 8 nitrogen and oxygen atoms in total. The van der Waals surface area contributed by atoms with Gasteiger partial charge < -0.3 is 4.42 Å². The van der Waals surface area contributed by atoms with Gasteiger partial charge in [-0.1, -0.05) is 29.8 Å². The molecule has 0 amide bonds. The molecule has 0 radical (unpaired) electrons. The maximum Gasteiger partial charge on any atom is 0.345 e. The monoisotopic (exact) mass is 486 g/mol. The number of para-hydroxylation sites is 1. The maximum absolute atomic E-state index is 12.5. The van der Waals surface area contributed by atoms with Crippen molar-refractivity contribution >= 4 is 62.1 Å². The van der Waals surface area contributed by atoms with Gasteiger partial charge in [0.15, 0.2) is 0 Å². The van der Waals surface area contributed by atoms with Gasteiger partial charge in [0, 0.05) is 33.8 Å². The number of fused-ring (bicyclic) bond motifs is 2. The Balaban J connectivity index is 1.56. The molecule has 0 aliphatic rings. The summed E-state index contributed by atoms with van der Waals surface area (Å²) in [4.78, 5) is 31.9. The number of nitro groups is 1. The van der Waals surface area contributed by atoms with E-state index in [1.807, 2.05) is 30.3 Å². The number of thiazole rings is 1. The van der Waals surface area contributed by atoms with E-state index in [1.165, 1.54) is 35.6 Å². The number of nitrogens with zero attached hydrogens (tertiary/aromatic N) is 4. The zero-order chi connectivity index (χ0) is 23.8. The second kappa shape index (κ2) is 8.51. The molecule has 0 spiro atoms. The van der Waals surface area contributed by atoms with E-state index >= 15 is 0 Å². The van der Waals surface area contributed by atoms with Gasteiger partial charge in [-0.25, -0.2) is 14.8 Å². The van der Waals surface area contributed by atoms with Crippen LogP contribution in [0, 0.1) is 21.4 Å². The molecule has 0 aliphatic carbocycles. The molecule has 2 aromatic carbocycles. The molecule has 34 heavy (non-hydrogen) atoms. The molecule has 3 aromatic heterocycles. The lowest BCUT2D eigenvalue weighted by atomic mass is 10.1. The summed E-state index contributed by atoms with van der Waals surface area (Å²) >= 11 is 7.49. The highest BCUT2D eigenvalue weighted by Gasteiger charge is 2.16. The van der Waals surface area contributed by atoms with Crippen molar-refractivity contribution in [1.82, 2.24) is 9.97 Å². The van der Waals surface area contributed by atoms with Crippen LogP contribution in [0.25, 0.3) is 44.8 Å². The van der Waals surface area contributed by atoms with Crippen molar-refractivity contribution in [1.29, 1.82) is 5.26 Å². The Labute approximate surface area is 200 Å². The van der Waals surface area contributed by atoms with E-state index in [9.17, 15) is 20.2 Å². The Hall–Kier alpha value is -4.39. The fourth-order valence-corrected chi connectivity index (χ4v) is 4.42. The molecule has 10 heteroatoms. The molecule has 3 heterocycles. The molecule has 164 valence electrons. The average Bonchev–Trinajstić information content (AvgIpc) is 3.31. The van der Waals surface area contributed by atoms with Crippen molar-refractivity contribution in [3.8, 4) is 17.3 Å². The Morgan fingerprint density at radius 3 is 2.76 bits per heavy atom. The summed E-state index contributed by atoms with van der Waals surface area (Å²) in [6.07, 6.45) is 1.59. The summed E-state index contributed by atoms with van der Waals surface area (Å²) in [5.41, 5.74) is 1.45. The lowest BCUT2D eigenvalue weighted by molar-refractivity contribution is -0.384. The van der Waals surface area contributed by atoms with Gasteiger partial charge in [0.25, 0.3) is 5.69 Å². The first kappa shape index (κ1) is 21.5. The molecule has 0 atom stereocenters. The summed E-state index contributed by atoms with van der Waals surface area (Å²) in [6.45, 7) is 0. The number of allylic oxidation sites excluding steroid dienone is 1. The number of nitriles is 1. The van der Waals surface area contributed by atoms with Gasteiger partial charge in [-0.15, -0.1) is 11.3 Å². The quantitative estimate of drug-likeness (QED) is 0.0989. The Kier molecular flexibility index (Phi) is 5.37. The highest BCUT2D eigenvalue weighted by atomic mass is 35.5. The van der Waals surface area contributed by atoms with Crippen LogP contribution in [0.15, 0.2) is 69.2 Å². The van der Waals surface area contributed by atoms with Gasteiger partial charge in [0.1, 0.15) is 21.8 Å². The summed E-state index contributed by atoms with van der Waals surface area (Å²) in [5.74, 6) is 0. The van der Waals surface area contributed by atoms with Crippen LogP contribution in [-0.4, -0.2) is 14.9 Å². The summed E-state index contributed by atoms with van der Waals surface area (Å²) in [7, 11) is 0. The van der Waals surface area contributed by atoms with Crippen molar-refractivity contribution in [3.05, 3.63) is 96.2 Å². The second-order valence-corrected chi connectivity index (χ2v) is 8.41. The van der Waals surface area contributed by atoms with Crippen molar-refractivity contribution in [2.45, 2.75) is 0 Å². The number of hydrogen-bond acceptors (Lipinski definition) is 8. The zero-order valence-corrected chi connectivity index (χ0v) is 18.6. The lowest BCUT2D eigenvalue weighted by Gasteiger charge is -2.03. The third-order valence-corrected chi connectivity index (χ3v) is 6.24. The summed E-state index contributed by atoms with van der Waals surface area (Å²) < 4.78 is 5.31. The van der Waals surface area contributed by atoms with E-state index in [0.29, 0.717) is 21.7 Å². The molecular formula is C24H11ClN4O4S. The van der Waals surface area contributed by atoms with Crippen LogP contribution in [0.4, 0.5) is 5.69 Å². The minimum Gasteiger partial charge on any atom is -0.422 e. The summed E-state index contributed by atoms with van der Waals surface area (Å²) in [5, 5.41) is 24.3. The van der Waals surface area contributed by atoms with Crippen LogP contribution >= 0.6 is 22.9 Å². The third-order valence-electron chi connectivity index (χ3n) is 5.06. The number of hydrogen-bond donors (Lipinski definition) is 0. The Morgan fingerprint density at radius 1 is 1.15 bits per heavy atom. The molecule has 5 rings (SSSR count). The smallest absolute Gasteiger partial charge is 0.345 e. The van der Waals surface area contributed by atoms with E-state index in [1.54, 1.807) is 11.5 Å². The Bertz CT molecular complexity index is 1750. The Morgan fingerprint density at radius 2 is 1.97 bits per heavy atom. The van der Waals surface area contributed by atoms with Crippen LogP contribution in [0.3, 0.4) is 0 Å². The van der Waals surface area contributed by atoms with Crippen LogP contribution in [0.1, 0.15) is 10.6 Å². The highest BCUT2D eigenvalue weighted by Crippen LogP contribution is 2.30. The summed E-state index contributed by atoms with van der Waals surface area (Å²) in [6, 6.07) is 16.9. The van der Waals surface area contributed by atoms with Crippen LogP contribution in [0.5, 0.6) is 0 Å². The number of pyridine rings is 1. The maximum atomic E-state index is 12.5. The van der Waals surface area contributed by atoms with Gasteiger partial charge in [-0.05, 0) is 30.3 Å². The molecule has 0 N–H and O–H groups in total. The predicted molar refractivity (Wildman–Crippen MR) is 130 cm³/mol. The molecule has 0 unspecified atom stereocenters. The van der Waals surface area contributed by atoms with Crippen LogP contribution in [-0.2, 0) is 0 Å². The van der Waals surface area contributed by atoms with E-state index in [4.69, 9.17) is 16.0 Å². The molecule has 5 aromatic rings. The van der Waals surface area contributed by atoms with Crippen molar-refractivity contribution in [2.75, 3.05) is 0 Å². The van der Waals surface area contributed by atoms with Gasteiger partial charge in [0.05, 0.1) is 27.3 Å². The van der Waals surface area contributed by atoms with Crippen molar-refractivity contribution < 1.29 is 9.34 Å². The molecule has 0 saturated heterocycles. The van der Waals surface area contributed by atoms with Gasteiger partial charge in [-0.2, -0.15) is 5.26 Å². The van der Waals surface area contributed by atoms with Gasteiger partial charge in [-0.3, -0.25) is 10.1 Å². The average molecular weight is 487 g/mol. The first-order valence-corrected chi connectivity index (χ1v) is 11.0. The molecule has 0 aliphatic heterocycles. The standard InChI is InChI=1S/C24H11ClN4O4S/c25-22-15(7-13-3-1-2-4-19(13)27-22)8-16(11-26)23-28-20(12-34-23)18-10-14-9-17(29(31)32)5-6-21(14)33-24(18)30/h1-10,12H. The SMILES string of the molecule is N#CC(=Cc1cc2ccccc2nc1Cl)c1nc(-c2cc3cc([N+](=O)[O-])ccc3oc2=O)cs1. The normalized spacial score (nSPS) is 11.6. The van der Waals surface area contributed by atoms with Crippen molar-refractivity contribution in [2.24, 2.45) is 0 Å². The predicted octanol–water partition coefficient (Wildman–Crippen LogP) is 6.09. The van der Waals surface area contributed by atoms with Crippen LogP contribution < -0.4 is 5.63 Å². The highest BCUT2D eigenvalue weighted by molar-refractivity contribution is 7.11. The fourth-order valence-electron chi connectivity index (χ4n) is 3.43. The lowest BCUT2D eigenvalue weighted by Crippen LogP contribution is -2.03. The number of halogens is 1. The van der Waals surface area contributed by atoms with E-state index in [2.05, 4.69) is 16.0 Å². The molecular weight excluding hydrogens is 476 g/mol.